The van der Waals surface area contributed by atoms with E-state index in [-0.39, 0.29) is 22.9 Å². The smallest absolute Gasteiger partial charge is 0.240 e. The molecule has 0 saturated heterocycles. The largest absolute Gasteiger partial charge is 0.508 e. The van der Waals surface area contributed by atoms with Crippen LogP contribution in [0.2, 0.25) is 0 Å². The molecule has 0 unspecified atom stereocenters. The molecule has 0 atom stereocenters. The van der Waals surface area contributed by atoms with Gasteiger partial charge in [0.05, 0.1) is 16.8 Å². The summed E-state index contributed by atoms with van der Waals surface area (Å²) >= 11 is 0. The van der Waals surface area contributed by atoms with Gasteiger partial charge in [0.15, 0.2) is 5.65 Å². The lowest BCUT2D eigenvalue weighted by Gasteiger charge is -2.12. The predicted molar refractivity (Wildman–Crippen MR) is 126 cm³/mol. The van der Waals surface area contributed by atoms with Crippen molar-refractivity contribution in [3.05, 3.63) is 66.4 Å². The van der Waals surface area contributed by atoms with E-state index < -0.39 is 10.0 Å². The van der Waals surface area contributed by atoms with Crippen molar-refractivity contribution in [3.8, 4) is 22.8 Å². The maximum absolute atomic E-state index is 12.3. The van der Waals surface area contributed by atoms with Crippen molar-refractivity contribution >= 4 is 21.5 Å². The minimum Gasteiger partial charge on any atom is -0.508 e. The number of unbranched alkanes of at least 4 members (excludes halogenated alkanes) is 1. The first kappa shape index (κ1) is 22.6. The van der Waals surface area contributed by atoms with Gasteiger partial charge in [0, 0.05) is 30.3 Å². The maximum Gasteiger partial charge on any atom is 0.240 e. The molecule has 0 fully saturated rings. The maximum atomic E-state index is 12.3. The first-order chi connectivity index (χ1) is 15.8. The second-order valence-electron chi connectivity index (χ2n) is 7.64. The summed E-state index contributed by atoms with van der Waals surface area (Å²) in [6.45, 7) is 2.79. The Kier molecular flexibility index (Phi) is 6.47. The third-order valence-electron chi connectivity index (χ3n) is 5.16. The van der Waals surface area contributed by atoms with E-state index in [0.717, 1.165) is 11.4 Å². The molecule has 0 saturated carbocycles. The number of benzene rings is 2. The Labute approximate surface area is 191 Å². The molecule has 33 heavy (non-hydrogen) atoms. The van der Waals surface area contributed by atoms with E-state index in [9.17, 15) is 18.6 Å². The van der Waals surface area contributed by atoms with E-state index in [0.29, 0.717) is 36.3 Å². The quantitative estimate of drug-likeness (QED) is 0.278. The van der Waals surface area contributed by atoms with Crippen LogP contribution in [-0.4, -0.2) is 46.3 Å². The fourth-order valence-electron chi connectivity index (χ4n) is 3.43. The number of hydrogen-bond acceptors (Lipinski definition) is 7. The third-order valence-corrected chi connectivity index (χ3v) is 6.62. The number of nitrogens with one attached hydrogen (secondary N) is 2. The molecule has 172 valence electrons. The van der Waals surface area contributed by atoms with E-state index in [4.69, 9.17) is 0 Å². The Hall–Kier alpha value is -3.63. The van der Waals surface area contributed by atoms with Crippen molar-refractivity contribution in [3.63, 3.8) is 0 Å². The number of rotatable bonds is 9. The van der Waals surface area contributed by atoms with Gasteiger partial charge in [0.25, 0.3) is 0 Å². The molecule has 4 aromatic rings. The Morgan fingerprint density at radius 1 is 1.00 bits per heavy atom. The van der Waals surface area contributed by atoms with E-state index in [1.54, 1.807) is 22.8 Å². The molecule has 0 aliphatic carbocycles. The van der Waals surface area contributed by atoms with E-state index in [1.807, 2.05) is 25.1 Å². The zero-order valence-electron chi connectivity index (χ0n) is 18.1. The number of aryl methyl sites for hydroxylation is 1. The molecule has 0 spiro atoms. The van der Waals surface area contributed by atoms with Gasteiger partial charge in [-0.1, -0.05) is 18.2 Å². The molecule has 9 nitrogen and oxygen atoms in total. The normalized spacial score (nSPS) is 11.7. The second kappa shape index (κ2) is 9.47. The molecule has 10 heteroatoms. The fourth-order valence-corrected chi connectivity index (χ4v) is 4.55. The van der Waals surface area contributed by atoms with Crippen LogP contribution in [0.25, 0.3) is 16.9 Å². The number of aromatic nitrogens is 3. The zero-order chi connectivity index (χ0) is 23.4. The number of fused-ring (bicyclic) bond motifs is 1. The summed E-state index contributed by atoms with van der Waals surface area (Å²) in [6.07, 6.45) is 3.06. The molecule has 0 radical (unpaired) electrons. The summed E-state index contributed by atoms with van der Waals surface area (Å²) in [7, 11) is -3.66. The van der Waals surface area contributed by atoms with Gasteiger partial charge in [0.1, 0.15) is 17.3 Å². The number of nitrogens with zero attached hydrogens (tertiary/aromatic N) is 3. The zero-order valence-corrected chi connectivity index (χ0v) is 18.9. The highest BCUT2D eigenvalue weighted by Gasteiger charge is 2.14. The summed E-state index contributed by atoms with van der Waals surface area (Å²) in [6, 6.07) is 14.4. The van der Waals surface area contributed by atoms with Gasteiger partial charge in [-0.15, -0.1) is 0 Å². The molecular weight excluding hydrogens is 442 g/mol. The Morgan fingerprint density at radius 3 is 2.58 bits per heavy atom. The third kappa shape index (κ3) is 5.07. The number of sulfonamides is 1. The minimum absolute atomic E-state index is 0.0329. The van der Waals surface area contributed by atoms with E-state index >= 15 is 0 Å². The van der Waals surface area contributed by atoms with E-state index in [2.05, 4.69) is 20.1 Å². The summed E-state index contributed by atoms with van der Waals surface area (Å²) in [5, 5.41) is 27.4. The highest BCUT2D eigenvalue weighted by Crippen LogP contribution is 2.30. The van der Waals surface area contributed by atoms with Crippen LogP contribution in [0.3, 0.4) is 0 Å². The van der Waals surface area contributed by atoms with Gasteiger partial charge in [-0.25, -0.2) is 18.1 Å². The topological polar surface area (TPSA) is 129 Å². The van der Waals surface area contributed by atoms with Crippen LogP contribution in [0.5, 0.6) is 11.5 Å². The predicted octanol–water partition coefficient (Wildman–Crippen LogP) is 3.29. The average molecular weight is 468 g/mol. The lowest BCUT2D eigenvalue weighted by Crippen LogP contribution is -2.25. The van der Waals surface area contributed by atoms with Gasteiger partial charge in [-0.3, -0.25) is 0 Å². The van der Waals surface area contributed by atoms with Crippen LogP contribution in [-0.2, 0) is 10.0 Å². The summed E-state index contributed by atoms with van der Waals surface area (Å²) in [5.41, 5.74) is 2.87. The molecule has 0 amide bonds. The number of anilines is 1. The Morgan fingerprint density at radius 2 is 1.79 bits per heavy atom. The summed E-state index contributed by atoms with van der Waals surface area (Å²) < 4.78 is 28.9. The Balaban J connectivity index is 1.39. The Bertz CT molecular complexity index is 1380. The van der Waals surface area contributed by atoms with Crippen molar-refractivity contribution in [2.45, 2.75) is 24.7 Å². The summed E-state index contributed by atoms with van der Waals surface area (Å²) in [4.78, 5) is 4.69. The number of phenols is 2. The van der Waals surface area contributed by atoms with Crippen molar-refractivity contribution in [2.24, 2.45) is 0 Å². The van der Waals surface area contributed by atoms with Gasteiger partial charge in [-0.05, 0) is 50.1 Å². The van der Waals surface area contributed by atoms with Gasteiger partial charge < -0.3 is 15.5 Å². The number of aromatic hydroxyl groups is 2. The fraction of sp³-hybridized carbons (Fsp3) is 0.217. The van der Waals surface area contributed by atoms with Crippen LogP contribution < -0.4 is 10.0 Å². The number of para-hydroxylation sites is 1. The van der Waals surface area contributed by atoms with Crippen molar-refractivity contribution < 1.29 is 18.6 Å². The molecule has 0 aliphatic rings. The van der Waals surface area contributed by atoms with Crippen LogP contribution in [0.15, 0.2) is 65.7 Å². The second-order valence-corrected chi connectivity index (χ2v) is 9.40. The molecule has 2 aromatic heterocycles. The van der Waals surface area contributed by atoms with Crippen LogP contribution in [0.4, 0.5) is 5.82 Å². The van der Waals surface area contributed by atoms with Crippen LogP contribution in [0, 0.1) is 6.92 Å². The first-order valence-corrected chi connectivity index (χ1v) is 12.0. The first-order valence-electron chi connectivity index (χ1n) is 10.5. The standard InChI is InChI=1S/C23H25N5O4S/c1-16-15-25-28-22(14-20(27-23(16)28)19-9-2-3-10-21(19)30)24-11-4-5-12-26-33(31,32)18-8-6-7-17(29)13-18/h2-3,6-10,13-15,24,26,29-30H,4-5,11-12H2,1H3. The molecule has 2 heterocycles. The van der Waals surface area contributed by atoms with Gasteiger partial charge in [-0.2, -0.15) is 9.61 Å². The highest BCUT2D eigenvalue weighted by atomic mass is 32.2. The average Bonchev–Trinajstić information content (AvgIpc) is 3.17. The van der Waals surface area contributed by atoms with E-state index in [1.165, 1.54) is 24.3 Å². The SMILES string of the molecule is Cc1cnn2c(NCCCCNS(=O)(=O)c3cccc(O)c3)cc(-c3ccccc3O)nc12. The summed E-state index contributed by atoms with van der Waals surface area (Å²) in [5.74, 6) is 0.783. The lowest BCUT2D eigenvalue weighted by atomic mass is 10.1. The highest BCUT2D eigenvalue weighted by molar-refractivity contribution is 7.89. The molecule has 0 bridgehead atoms. The molecule has 4 N–H and O–H groups in total. The van der Waals surface area contributed by atoms with Crippen LogP contribution >= 0.6 is 0 Å². The lowest BCUT2D eigenvalue weighted by molar-refractivity contribution is 0.473. The molecule has 2 aromatic carbocycles. The van der Waals surface area contributed by atoms with Gasteiger partial charge >= 0.3 is 0 Å². The molecule has 0 aliphatic heterocycles. The van der Waals surface area contributed by atoms with Crippen molar-refractivity contribution in [2.75, 3.05) is 18.4 Å². The van der Waals surface area contributed by atoms with Crippen molar-refractivity contribution in [1.29, 1.82) is 0 Å². The molecule has 4 rings (SSSR count). The monoisotopic (exact) mass is 467 g/mol. The van der Waals surface area contributed by atoms with Crippen LogP contribution in [0.1, 0.15) is 18.4 Å². The molecular formula is C23H25N5O4S. The number of phenolic OH excluding ortho intramolecular Hbond substituents is 2. The number of hydrogen-bond donors (Lipinski definition) is 4. The van der Waals surface area contributed by atoms with Crippen molar-refractivity contribution in [1.82, 2.24) is 19.3 Å². The van der Waals surface area contributed by atoms with Gasteiger partial charge in [0.2, 0.25) is 10.0 Å². The minimum atomic E-state index is -3.66.